The van der Waals surface area contributed by atoms with Crippen LogP contribution in [0.5, 0.6) is 5.75 Å². The van der Waals surface area contributed by atoms with E-state index in [0.717, 1.165) is 19.3 Å². The standard InChI is InChI=1S/C15H17BrClNO3/c16-10-4-5-12(11(8-10)18(19)20)21-14-9-13(17)15(14)6-2-1-3-7-15/h4-5,8,13-14H,1-3,6-7,9H2. The van der Waals surface area contributed by atoms with Crippen LogP contribution in [-0.2, 0) is 0 Å². The van der Waals surface area contributed by atoms with Crippen LogP contribution in [0.2, 0.25) is 0 Å². The van der Waals surface area contributed by atoms with Gasteiger partial charge < -0.3 is 4.74 Å². The van der Waals surface area contributed by atoms with E-state index < -0.39 is 4.92 Å². The maximum Gasteiger partial charge on any atom is 0.312 e. The molecule has 2 unspecified atom stereocenters. The number of ether oxygens (including phenoxy) is 1. The molecular formula is C15H17BrClNO3. The average molecular weight is 375 g/mol. The van der Waals surface area contributed by atoms with Gasteiger partial charge >= 0.3 is 5.69 Å². The van der Waals surface area contributed by atoms with Crippen molar-refractivity contribution in [3.8, 4) is 5.75 Å². The van der Waals surface area contributed by atoms with Gasteiger partial charge in [0.1, 0.15) is 6.10 Å². The summed E-state index contributed by atoms with van der Waals surface area (Å²) >= 11 is 9.71. The van der Waals surface area contributed by atoms with E-state index in [1.54, 1.807) is 12.1 Å². The molecule has 0 saturated heterocycles. The van der Waals surface area contributed by atoms with Crippen molar-refractivity contribution in [2.75, 3.05) is 0 Å². The molecule has 0 N–H and O–H groups in total. The zero-order valence-electron chi connectivity index (χ0n) is 11.6. The number of nitrogens with zero attached hydrogens (tertiary/aromatic N) is 1. The van der Waals surface area contributed by atoms with Gasteiger partial charge in [0.2, 0.25) is 0 Å². The Hall–Kier alpha value is -0.810. The Morgan fingerprint density at radius 3 is 2.67 bits per heavy atom. The second kappa shape index (κ2) is 5.76. The molecule has 2 saturated carbocycles. The van der Waals surface area contributed by atoms with Crippen LogP contribution >= 0.6 is 27.5 Å². The van der Waals surface area contributed by atoms with Gasteiger partial charge in [0, 0.05) is 27.8 Å². The molecule has 2 aliphatic carbocycles. The predicted molar refractivity (Wildman–Crippen MR) is 85.0 cm³/mol. The van der Waals surface area contributed by atoms with Gasteiger partial charge in [-0.1, -0.05) is 35.2 Å². The van der Waals surface area contributed by atoms with Crippen molar-refractivity contribution in [3.63, 3.8) is 0 Å². The third-order valence-corrected chi connectivity index (χ3v) is 5.96. The van der Waals surface area contributed by atoms with Crippen LogP contribution in [0.4, 0.5) is 5.69 Å². The Kier molecular flexibility index (Phi) is 4.14. The van der Waals surface area contributed by atoms with E-state index in [1.807, 2.05) is 0 Å². The van der Waals surface area contributed by atoms with Gasteiger partial charge in [-0.2, -0.15) is 0 Å². The highest BCUT2D eigenvalue weighted by atomic mass is 79.9. The summed E-state index contributed by atoms with van der Waals surface area (Å²) in [5.74, 6) is 0.349. The number of halogens is 2. The Morgan fingerprint density at radius 1 is 1.33 bits per heavy atom. The summed E-state index contributed by atoms with van der Waals surface area (Å²) < 4.78 is 6.69. The first-order valence-electron chi connectivity index (χ1n) is 7.27. The van der Waals surface area contributed by atoms with Gasteiger partial charge in [-0.3, -0.25) is 10.1 Å². The van der Waals surface area contributed by atoms with Crippen LogP contribution in [0.3, 0.4) is 0 Å². The van der Waals surface area contributed by atoms with Crippen LogP contribution in [0.15, 0.2) is 22.7 Å². The fourth-order valence-electron chi connectivity index (χ4n) is 3.60. The molecule has 6 heteroatoms. The molecule has 0 heterocycles. The molecule has 0 amide bonds. The summed E-state index contributed by atoms with van der Waals surface area (Å²) in [6.45, 7) is 0. The largest absolute Gasteiger partial charge is 0.483 e. The number of nitro groups is 1. The van der Waals surface area contributed by atoms with E-state index in [1.165, 1.54) is 25.3 Å². The molecule has 0 aromatic heterocycles. The highest BCUT2D eigenvalue weighted by Crippen LogP contribution is 2.56. The number of alkyl halides is 1. The Balaban J connectivity index is 1.82. The number of hydrogen-bond acceptors (Lipinski definition) is 3. The topological polar surface area (TPSA) is 52.4 Å². The van der Waals surface area contributed by atoms with Gasteiger partial charge in [0.05, 0.1) is 4.92 Å². The maximum absolute atomic E-state index is 11.2. The Bertz CT molecular complexity index is 560. The zero-order chi connectivity index (χ0) is 15.0. The van der Waals surface area contributed by atoms with Gasteiger partial charge in [-0.15, -0.1) is 11.6 Å². The predicted octanol–water partition coefficient (Wildman–Crippen LogP) is 5.07. The molecule has 1 aromatic rings. The van der Waals surface area contributed by atoms with Crippen molar-refractivity contribution in [1.82, 2.24) is 0 Å². The molecule has 0 radical (unpaired) electrons. The van der Waals surface area contributed by atoms with Gasteiger partial charge in [-0.05, 0) is 25.0 Å². The van der Waals surface area contributed by atoms with Crippen molar-refractivity contribution in [1.29, 1.82) is 0 Å². The lowest BCUT2D eigenvalue weighted by molar-refractivity contribution is -0.386. The minimum Gasteiger partial charge on any atom is -0.483 e. The first-order chi connectivity index (χ1) is 10.0. The summed E-state index contributed by atoms with van der Waals surface area (Å²) in [5, 5.41) is 11.3. The summed E-state index contributed by atoms with van der Waals surface area (Å²) in [6, 6.07) is 4.92. The van der Waals surface area contributed by atoms with E-state index in [-0.39, 0.29) is 22.6 Å². The summed E-state index contributed by atoms with van der Waals surface area (Å²) in [7, 11) is 0. The fourth-order valence-corrected chi connectivity index (χ4v) is 4.46. The van der Waals surface area contributed by atoms with Crippen LogP contribution in [-0.4, -0.2) is 16.4 Å². The smallest absolute Gasteiger partial charge is 0.312 e. The van der Waals surface area contributed by atoms with Crippen LogP contribution in [0.25, 0.3) is 0 Å². The molecule has 2 aliphatic rings. The van der Waals surface area contributed by atoms with Crippen LogP contribution in [0.1, 0.15) is 38.5 Å². The van der Waals surface area contributed by atoms with Gasteiger partial charge in [0.15, 0.2) is 5.75 Å². The number of rotatable bonds is 3. The normalized spacial score (nSPS) is 27.1. The highest BCUT2D eigenvalue weighted by Gasteiger charge is 2.56. The van der Waals surface area contributed by atoms with Crippen LogP contribution < -0.4 is 4.74 Å². The van der Waals surface area contributed by atoms with Crippen molar-refractivity contribution < 1.29 is 9.66 Å². The minimum absolute atomic E-state index is 0.000163. The SMILES string of the molecule is O=[N+]([O-])c1cc(Br)ccc1OC1CC(Cl)C12CCCCC2. The monoisotopic (exact) mass is 373 g/mol. The van der Waals surface area contributed by atoms with Crippen LogP contribution in [0, 0.1) is 15.5 Å². The van der Waals surface area contributed by atoms with Gasteiger partial charge in [0.25, 0.3) is 0 Å². The number of hydrogen-bond donors (Lipinski definition) is 0. The molecule has 0 bridgehead atoms. The summed E-state index contributed by atoms with van der Waals surface area (Å²) in [6.07, 6.45) is 6.49. The van der Waals surface area contributed by atoms with Crippen molar-refractivity contribution >= 4 is 33.2 Å². The number of nitro benzene ring substituents is 1. The third kappa shape index (κ3) is 2.66. The summed E-state index contributed by atoms with van der Waals surface area (Å²) in [5.41, 5.74) is 0.0224. The lowest BCUT2D eigenvalue weighted by Crippen LogP contribution is -2.58. The molecule has 1 aromatic carbocycles. The first kappa shape index (κ1) is 15.1. The molecule has 2 fully saturated rings. The molecule has 114 valence electrons. The summed E-state index contributed by atoms with van der Waals surface area (Å²) in [4.78, 5) is 10.8. The highest BCUT2D eigenvalue weighted by molar-refractivity contribution is 9.10. The second-order valence-electron chi connectivity index (χ2n) is 5.97. The van der Waals surface area contributed by atoms with Crippen molar-refractivity contribution in [2.24, 2.45) is 5.41 Å². The molecular weight excluding hydrogens is 358 g/mol. The lowest BCUT2D eigenvalue weighted by atomic mass is 9.58. The van der Waals surface area contributed by atoms with E-state index >= 15 is 0 Å². The quantitative estimate of drug-likeness (QED) is 0.422. The van der Waals surface area contributed by atoms with E-state index in [2.05, 4.69) is 15.9 Å². The molecule has 2 atom stereocenters. The van der Waals surface area contributed by atoms with E-state index in [0.29, 0.717) is 10.2 Å². The Labute approximate surface area is 137 Å². The third-order valence-electron chi connectivity index (χ3n) is 4.86. The Morgan fingerprint density at radius 2 is 2.05 bits per heavy atom. The maximum atomic E-state index is 11.2. The van der Waals surface area contributed by atoms with E-state index in [9.17, 15) is 10.1 Å². The fraction of sp³-hybridized carbons (Fsp3) is 0.600. The van der Waals surface area contributed by atoms with Crippen molar-refractivity contribution in [3.05, 3.63) is 32.8 Å². The minimum atomic E-state index is -0.398. The molecule has 1 spiro atoms. The second-order valence-corrected chi connectivity index (χ2v) is 7.42. The number of benzene rings is 1. The molecule has 3 rings (SSSR count). The van der Waals surface area contributed by atoms with Crippen molar-refractivity contribution in [2.45, 2.75) is 50.0 Å². The molecule has 0 aliphatic heterocycles. The lowest BCUT2D eigenvalue weighted by Gasteiger charge is -2.54. The zero-order valence-corrected chi connectivity index (χ0v) is 13.9. The van der Waals surface area contributed by atoms with E-state index in [4.69, 9.17) is 16.3 Å². The molecule has 4 nitrogen and oxygen atoms in total. The average Bonchev–Trinajstić information content (AvgIpc) is 2.49. The first-order valence-corrected chi connectivity index (χ1v) is 8.50. The van der Waals surface area contributed by atoms with Gasteiger partial charge in [-0.25, -0.2) is 0 Å². The molecule has 21 heavy (non-hydrogen) atoms.